The van der Waals surface area contributed by atoms with E-state index in [1.54, 1.807) is 55.0 Å². The molecule has 0 radical (unpaired) electrons. The maximum Gasteiger partial charge on any atom is 0.332 e. The minimum atomic E-state index is -0.636. The van der Waals surface area contributed by atoms with E-state index in [0.29, 0.717) is 21.5 Å². The molecule has 0 fully saturated rings. The summed E-state index contributed by atoms with van der Waals surface area (Å²) in [5.41, 5.74) is 0.849. The summed E-state index contributed by atoms with van der Waals surface area (Å²) in [4.78, 5) is 55.7. The van der Waals surface area contributed by atoms with E-state index < -0.39 is 23.3 Å². The van der Waals surface area contributed by atoms with Gasteiger partial charge in [0.05, 0.1) is 38.5 Å². The number of carbonyl (C=O) groups is 2. The molecule has 2 aromatic carbocycles. The van der Waals surface area contributed by atoms with E-state index in [9.17, 15) is 19.2 Å². The number of amides is 1. The van der Waals surface area contributed by atoms with Crippen LogP contribution in [-0.4, -0.2) is 50.0 Å². The zero-order chi connectivity index (χ0) is 29.7. The fourth-order valence-electron chi connectivity index (χ4n) is 4.32. The fraction of sp³-hybridized carbons (Fsp3) is 0.321. The molecule has 41 heavy (non-hydrogen) atoms. The fourth-order valence-corrected chi connectivity index (χ4v) is 5.32. The van der Waals surface area contributed by atoms with Crippen molar-refractivity contribution in [2.45, 2.75) is 31.1 Å². The number of esters is 1. The standard InChI is InChI=1S/C28H30ClN5O6S/c1-5-40-23(36)14-21(17-10-12-19(39-4)13-11-17)30-22(35)16-41-27-31-25-24(26(37)33(3)28(38)32(25)2)34(27)15-18-8-6-7-9-20(18)29/h6-13,21H,5,14-16H2,1-4H3,(H,30,35)/t21-/m0/s1. The Bertz CT molecular complexity index is 1700. The molecular formula is C28H30ClN5O6S. The molecule has 0 saturated heterocycles. The van der Waals surface area contributed by atoms with Gasteiger partial charge in [-0.2, -0.15) is 0 Å². The van der Waals surface area contributed by atoms with Gasteiger partial charge in [0, 0.05) is 19.1 Å². The Kier molecular flexibility index (Phi) is 9.56. The van der Waals surface area contributed by atoms with Gasteiger partial charge in [-0.25, -0.2) is 9.78 Å². The molecule has 0 spiro atoms. The van der Waals surface area contributed by atoms with Gasteiger partial charge < -0.3 is 19.4 Å². The van der Waals surface area contributed by atoms with Crippen LogP contribution in [-0.2, 0) is 35.0 Å². The number of benzene rings is 2. The van der Waals surface area contributed by atoms with Crippen LogP contribution in [0.25, 0.3) is 11.2 Å². The summed E-state index contributed by atoms with van der Waals surface area (Å²) in [5, 5.41) is 3.77. The predicted molar refractivity (Wildman–Crippen MR) is 157 cm³/mol. The molecule has 216 valence electrons. The molecule has 2 heterocycles. The Morgan fingerprint density at radius 1 is 1.07 bits per heavy atom. The van der Waals surface area contributed by atoms with Crippen molar-refractivity contribution >= 4 is 46.4 Å². The summed E-state index contributed by atoms with van der Waals surface area (Å²) in [6.45, 7) is 2.14. The molecule has 1 amide bonds. The van der Waals surface area contributed by atoms with Crippen LogP contribution in [0.1, 0.15) is 30.5 Å². The zero-order valence-electron chi connectivity index (χ0n) is 23.0. The summed E-state index contributed by atoms with van der Waals surface area (Å²) < 4.78 is 14.3. The lowest BCUT2D eigenvalue weighted by Crippen LogP contribution is -2.37. The molecule has 0 aliphatic rings. The smallest absolute Gasteiger partial charge is 0.332 e. The van der Waals surface area contributed by atoms with Crippen LogP contribution in [0.2, 0.25) is 5.02 Å². The number of rotatable bonds is 11. The first-order valence-electron chi connectivity index (χ1n) is 12.8. The van der Waals surface area contributed by atoms with Crippen molar-refractivity contribution in [3.63, 3.8) is 0 Å². The predicted octanol–water partition coefficient (Wildman–Crippen LogP) is 3.05. The molecule has 11 nitrogen and oxygen atoms in total. The summed E-state index contributed by atoms with van der Waals surface area (Å²) >= 11 is 7.51. The van der Waals surface area contributed by atoms with E-state index in [0.717, 1.165) is 21.9 Å². The number of aryl methyl sites for hydroxylation is 1. The molecule has 13 heteroatoms. The van der Waals surface area contributed by atoms with Crippen molar-refractivity contribution in [1.82, 2.24) is 24.0 Å². The Hall–Kier alpha value is -4.03. The van der Waals surface area contributed by atoms with Crippen molar-refractivity contribution in [2.75, 3.05) is 19.5 Å². The molecule has 0 unspecified atom stereocenters. The number of methoxy groups -OCH3 is 1. The third kappa shape index (κ3) is 6.66. The second kappa shape index (κ2) is 13.1. The van der Waals surface area contributed by atoms with Crippen LogP contribution in [0.4, 0.5) is 0 Å². The van der Waals surface area contributed by atoms with Gasteiger partial charge in [0.15, 0.2) is 16.3 Å². The molecule has 0 aliphatic heterocycles. The topological polar surface area (TPSA) is 126 Å². The number of imidazole rings is 1. The van der Waals surface area contributed by atoms with Crippen molar-refractivity contribution in [2.24, 2.45) is 14.1 Å². The Morgan fingerprint density at radius 3 is 2.44 bits per heavy atom. The Labute approximate surface area is 245 Å². The van der Waals surface area contributed by atoms with Crippen LogP contribution in [0, 0.1) is 0 Å². The molecule has 2 aromatic heterocycles. The lowest BCUT2D eigenvalue weighted by atomic mass is 10.0. The first kappa shape index (κ1) is 29.9. The average Bonchev–Trinajstić information content (AvgIpc) is 3.33. The highest BCUT2D eigenvalue weighted by Crippen LogP contribution is 2.26. The third-order valence-electron chi connectivity index (χ3n) is 6.46. The minimum absolute atomic E-state index is 0.0558. The van der Waals surface area contributed by atoms with Gasteiger partial charge >= 0.3 is 11.7 Å². The number of hydrogen-bond donors (Lipinski definition) is 1. The third-order valence-corrected chi connectivity index (χ3v) is 7.81. The van der Waals surface area contributed by atoms with Crippen LogP contribution < -0.4 is 21.3 Å². The van der Waals surface area contributed by atoms with Crippen LogP contribution in [0.5, 0.6) is 5.75 Å². The number of thioether (sulfide) groups is 1. The van der Waals surface area contributed by atoms with Gasteiger partial charge in [0.25, 0.3) is 5.56 Å². The van der Waals surface area contributed by atoms with Gasteiger partial charge in [-0.05, 0) is 36.2 Å². The maximum atomic E-state index is 13.2. The Morgan fingerprint density at radius 2 is 1.78 bits per heavy atom. The van der Waals surface area contributed by atoms with E-state index in [2.05, 4.69) is 10.3 Å². The average molecular weight is 600 g/mol. The van der Waals surface area contributed by atoms with Crippen LogP contribution in [0.3, 0.4) is 0 Å². The van der Waals surface area contributed by atoms with E-state index >= 15 is 0 Å². The summed E-state index contributed by atoms with van der Waals surface area (Å²) in [7, 11) is 4.49. The first-order valence-corrected chi connectivity index (χ1v) is 14.1. The highest BCUT2D eigenvalue weighted by Gasteiger charge is 2.23. The highest BCUT2D eigenvalue weighted by molar-refractivity contribution is 7.99. The van der Waals surface area contributed by atoms with Crippen molar-refractivity contribution < 1.29 is 19.1 Å². The summed E-state index contributed by atoms with van der Waals surface area (Å²) in [5.74, 6) is -0.239. The largest absolute Gasteiger partial charge is 0.497 e. The molecule has 0 saturated carbocycles. The van der Waals surface area contributed by atoms with Gasteiger partial charge in [0.2, 0.25) is 5.91 Å². The second-order valence-electron chi connectivity index (χ2n) is 9.14. The minimum Gasteiger partial charge on any atom is -0.497 e. The summed E-state index contributed by atoms with van der Waals surface area (Å²) in [6.07, 6.45) is -0.0558. The number of nitrogens with one attached hydrogen (secondary N) is 1. The number of aromatic nitrogens is 4. The molecule has 4 aromatic rings. The van der Waals surface area contributed by atoms with Crippen LogP contribution >= 0.6 is 23.4 Å². The van der Waals surface area contributed by atoms with Gasteiger partial charge in [-0.3, -0.25) is 23.5 Å². The first-order chi connectivity index (χ1) is 19.6. The van der Waals surface area contributed by atoms with Crippen molar-refractivity contribution in [3.8, 4) is 5.75 Å². The highest BCUT2D eigenvalue weighted by atomic mass is 35.5. The lowest BCUT2D eigenvalue weighted by Gasteiger charge is -2.19. The monoisotopic (exact) mass is 599 g/mol. The number of nitrogens with zero attached hydrogens (tertiary/aromatic N) is 4. The molecule has 0 bridgehead atoms. The summed E-state index contributed by atoms with van der Waals surface area (Å²) in [6, 6.07) is 13.6. The van der Waals surface area contributed by atoms with E-state index in [1.165, 1.54) is 18.7 Å². The normalized spacial score (nSPS) is 11.8. The molecule has 4 rings (SSSR count). The van der Waals surface area contributed by atoms with E-state index in [4.69, 9.17) is 21.1 Å². The SMILES string of the molecule is CCOC(=O)C[C@H](NC(=O)CSc1nc2c(c(=O)n(C)c(=O)n2C)n1Cc1ccccc1Cl)c1ccc(OC)cc1. The second-order valence-corrected chi connectivity index (χ2v) is 10.5. The zero-order valence-corrected chi connectivity index (χ0v) is 24.6. The van der Waals surface area contributed by atoms with E-state index in [1.807, 2.05) is 12.1 Å². The number of carbonyl (C=O) groups excluding carboxylic acids is 2. The molecular weight excluding hydrogens is 570 g/mol. The Balaban J connectivity index is 1.63. The number of ether oxygens (including phenoxy) is 2. The molecule has 1 atom stereocenters. The van der Waals surface area contributed by atoms with E-state index in [-0.39, 0.29) is 42.4 Å². The number of halogens is 1. The van der Waals surface area contributed by atoms with Gasteiger partial charge in [0.1, 0.15) is 5.75 Å². The number of hydrogen-bond acceptors (Lipinski definition) is 8. The van der Waals surface area contributed by atoms with Crippen molar-refractivity contribution in [3.05, 3.63) is 85.5 Å². The maximum absolute atomic E-state index is 13.2. The quantitative estimate of drug-likeness (QED) is 0.206. The van der Waals surface area contributed by atoms with Gasteiger partial charge in [-0.15, -0.1) is 0 Å². The van der Waals surface area contributed by atoms with Crippen LogP contribution in [0.15, 0.2) is 63.3 Å². The van der Waals surface area contributed by atoms with Gasteiger partial charge in [-0.1, -0.05) is 53.7 Å². The number of fused-ring (bicyclic) bond motifs is 1. The molecule has 1 N–H and O–H groups in total. The molecule has 0 aliphatic carbocycles. The lowest BCUT2D eigenvalue weighted by molar-refractivity contribution is -0.143. The van der Waals surface area contributed by atoms with Crippen molar-refractivity contribution in [1.29, 1.82) is 0 Å².